The van der Waals surface area contributed by atoms with E-state index in [0.717, 1.165) is 48.4 Å². The first kappa shape index (κ1) is 24.2. The van der Waals surface area contributed by atoms with Crippen LogP contribution >= 0.6 is 11.8 Å². The lowest BCUT2D eigenvalue weighted by Crippen LogP contribution is -2.30. The average molecular weight is 459 g/mol. The van der Waals surface area contributed by atoms with Gasteiger partial charge in [0.1, 0.15) is 11.8 Å². The maximum Gasteiger partial charge on any atom is 0.338 e. The first-order valence-corrected chi connectivity index (χ1v) is 12.4. The molecule has 0 fully saturated rings. The predicted molar refractivity (Wildman–Crippen MR) is 128 cm³/mol. The number of hydrogen-bond donors (Lipinski definition) is 1. The van der Waals surface area contributed by atoms with Crippen LogP contribution in [0.1, 0.15) is 71.9 Å². The number of nitrogens with one attached hydrogen (secondary N) is 1. The molecule has 1 N–H and O–H groups in total. The van der Waals surface area contributed by atoms with Crippen molar-refractivity contribution >= 4 is 23.7 Å². The number of nitrogens with zero attached hydrogens (tertiary/aromatic N) is 3. The molecular formula is C24H34N4O3S. The number of carbonyl (C=O) groups excluding carboxylic acids is 1. The number of thioether (sulfide) groups is 1. The quantitative estimate of drug-likeness (QED) is 0.267. The molecule has 1 atom stereocenters. The van der Waals surface area contributed by atoms with Gasteiger partial charge < -0.3 is 14.8 Å². The van der Waals surface area contributed by atoms with Gasteiger partial charge in [-0.25, -0.2) is 9.48 Å². The molecule has 0 radical (unpaired) electrons. The van der Waals surface area contributed by atoms with Crippen LogP contribution in [0.2, 0.25) is 0 Å². The largest absolute Gasteiger partial charge is 0.494 e. The molecule has 0 bridgehead atoms. The maximum absolute atomic E-state index is 13.1. The van der Waals surface area contributed by atoms with Crippen LogP contribution in [0.25, 0.3) is 0 Å². The van der Waals surface area contributed by atoms with Gasteiger partial charge in [0.2, 0.25) is 11.1 Å². The van der Waals surface area contributed by atoms with Crippen molar-refractivity contribution in [1.82, 2.24) is 14.8 Å². The lowest BCUT2D eigenvalue weighted by Gasteiger charge is -2.28. The van der Waals surface area contributed by atoms with Crippen molar-refractivity contribution in [2.75, 3.05) is 17.7 Å². The van der Waals surface area contributed by atoms with Gasteiger partial charge in [0, 0.05) is 11.4 Å². The Morgan fingerprint density at radius 3 is 2.75 bits per heavy atom. The Kier molecular flexibility index (Phi) is 8.61. The van der Waals surface area contributed by atoms with Gasteiger partial charge in [0.15, 0.2) is 0 Å². The van der Waals surface area contributed by atoms with E-state index in [9.17, 15) is 4.79 Å². The summed E-state index contributed by atoms with van der Waals surface area (Å²) in [6.07, 6.45) is 4.07. The molecule has 3 rings (SSSR count). The topological polar surface area (TPSA) is 78.3 Å². The Morgan fingerprint density at radius 1 is 1.25 bits per heavy atom. The number of unbranched alkanes of at least 4 members (excludes halogenated alkanes) is 2. The summed E-state index contributed by atoms with van der Waals surface area (Å²) in [6.45, 7) is 10.6. The van der Waals surface area contributed by atoms with Crippen LogP contribution in [-0.4, -0.2) is 39.2 Å². The Bertz CT molecular complexity index is 954. The van der Waals surface area contributed by atoms with Crippen LogP contribution in [0.4, 0.5) is 5.95 Å². The van der Waals surface area contributed by atoms with Crippen LogP contribution < -0.4 is 10.1 Å². The Morgan fingerprint density at radius 2 is 2.03 bits per heavy atom. The molecule has 1 aromatic carbocycles. The monoisotopic (exact) mass is 458 g/mol. The average Bonchev–Trinajstić information content (AvgIpc) is 3.15. The van der Waals surface area contributed by atoms with E-state index in [1.54, 1.807) is 16.4 Å². The number of anilines is 1. The highest BCUT2D eigenvalue weighted by Gasteiger charge is 2.35. The van der Waals surface area contributed by atoms with Crippen LogP contribution in [0.5, 0.6) is 5.75 Å². The van der Waals surface area contributed by atoms with Crippen molar-refractivity contribution < 1.29 is 14.3 Å². The molecule has 0 saturated carbocycles. The summed E-state index contributed by atoms with van der Waals surface area (Å²) in [5, 5.41) is 8.71. The number of benzene rings is 1. The third-order valence-corrected chi connectivity index (χ3v) is 5.99. The molecule has 0 spiro atoms. The molecule has 32 heavy (non-hydrogen) atoms. The van der Waals surface area contributed by atoms with E-state index in [2.05, 4.69) is 24.1 Å². The number of ether oxygens (including phenoxy) is 2. The molecular weight excluding hydrogens is 424 g/mol. The van der Waals surface area contributed by atoms with Crippen molar-refractivity contribution in [3.05, 3.63) is 41.1 Å². The Balaban J connectivity index is 2.00. The zero-order valence-electron chi connectivity index (χ0n) is 19.7. The van der Waals surface area contributed by atoms with Crippen molar-refractivity contribution in [1.29, 1.82) is 0 Å². The number of esters is 1. The molecule has 1 aliphatic rings. The lowest BCUT2D eigenvalue weighted by molar-refractivity contribution is -0.143. The second-order valence-corrected chi connectivity index (χ2v) is 9.22. The number of carbonyl (C=O) groups is 1. The summed E-state index contributed by atoms with van der Waals surface area (Å²) in [4.78, 5) is 17.8. The van der Waals surface area contributed by atoms with E-state index < -0.39 is 6.04 Å². The molecule has 0 amide bonds. The summed E-state index contributed by atoms with van der Waals surface area (Å²) < 4.78 is 13.3. The molecule has 0 aliphatic carbocycles. The predicted octanol–water partition coefficient (Wildman–Crippen LogP) is 5.59. The van der Waals surface area contributed by atoms with E-state index in [-0.39, 0.29) is 12.1 Å². The molecule has 1 aromatic heterocycles. The third kappa shape index (κ3) is 5.85. The van der Waals surface area contributed by atoms with E-state index in [1.807, 2.05) is 45.0 Å². The zero-order chi connectivity index (χ0) is 23.1. The van der Waals surface area contributed by atoms with Gasteiger partial charge in [-0.15, -0.1) is 5.10 Å². The van der Waals surface area contributed by atoms with Gasteiger partial charge in [0.25, 0.3) is 0 Å². The second kappa shape index (κ2) is 11.4. The van der Waals surface area contributed by atoms with Crippen molar-refractivity contribution in [2.45, 2.75) is 77.6 Å². The number of rotatable bonds is 11. The van der Waals surface area contributed by atoms with Crippen molar-refractivity contribution in [3.8, 4) is 5.75 Å². The van der Waals surface area contributed by atoms with Gasteiger partial charge in [-0.3, -0.25) is 0 Å². The fraction of sp³-hybridized carbons (Fsp3) is 0.542. The van der Waals surface area contributed by atoms with Crippen LogP contribution in [0.15, 0.2) is 40.7 Å². The molecule has 2 heterocycles. The third-order valence-electron chi connectivity index (χ3n) is 5.07. The summed E-state index contributed by atoms with van der Waals surface area (Å²) >= 11 is 1.63. The minimum absolute atomic E-state index is 0.218. The SMILES string of the molecule is CCCCOc1cccc(C2C(C(=O)OC(C)C)=C(C)Nc3nc(SCCCC)nn32)c1. The first-order chi connectivity index (χ1) is 15.4. The highest BCUT2D eigenvalue weighted by molar-refractivity contribution is 7.99. The van der Waals surface area contributed by atoms with E-state index in [4.69, 9.17) is 14.6 Å². The van der Waals surface area contributed by atoms with Crippen LogP contribution in [0, 0.1) is 0 Å². The molecule has 174 valence electrons. The standard InChI is InChI=1S/C24H34N4O3S/c1-6-8-13-30-19-12-10-11-18(15-19)21-20(22(29)31-16(3)4)17(5)25-23-26-24(27-28(21)23)32-14-9-7-2/h10-12,15-16,21H,6-9,13-14H2,1-5H3,(H,25,26,27). The summed E-state index contributed by atoms with van der Waals surface area (Å²) in [6, 6.07) is 7.43. The first-order valence-electron chi connectivity index (χ1n) is 11.4. The molecule has 8 heteroatoms. The summed E-state index contributed by atoms with van der Waals surface area (Å²) in [7, 11) is 0. The van der Waals surface area contributed by atoms with Gasteiger partial charge in [-0.1, -0.05) is 50.6 Å². The molecule has 0 saturated heterocycles. The molecule has 7 nitrogen and oxygen atoms in total. The molecule has 2 aromatic rings. The zero-order valence-corrected chi connectivity index (χ0v) is 20.5. The number of allylic oxidation sites excluding steroid dienone is 1. The molecule has 1 unspecified atom stereocenters. The minimum atomic E-state index is -0.444. The van der Waals surface area contributed by atoms with Gasteiger partial charge in [-0.05, 0) is 51.3 Å². The van der Waals surface area contributed by atoms with Crippen LogP contribution in [-0.2, 0) is 9.53 Å². The van der Waals surface area contributed by atoms with Crippen LogP contribution in [0.3, 0.4) is 0 Å². The molecule has 1 aliphatic heterocycles. The maximum atomic E-state index is 13.1. The number of aromatic nitrogens is 3. The Labute approximate surface area is 195 Å². The van der Waals surface area contributed by atoms with Crippen molar-refractivity contribution in [2.24, 2.45) is 0 Å². The van der Waals surface area contributed by atoms with E-state index in [1.165, 1.54) is 0 Å². The fourth-order valence-electron chi connectivity index (χ4n) is 3.46. The van der Waals surface area contributed by atoms with Crippen molar-refractivity contribution in [3.63, 3.8) is 0 Å². The van der Waals surface area contributed by atoms with E-state index in [0.29, 0.717) is 23.3 Å². The highest BCUT2D eigenvalue weighted by Crippen LogP contribution is 2.38. The van der Waals surface area contributed by atoms with Gasteiger partial charge in [0.05, 0.1) is 18.3 Å². The number of fused-ring (bicyclic) bond motifs is 1. The second-order valence-electron chi connectivity index (χ2n) is 8.16. The lowest BCUT2D eigenvalue weighted by atomic mass is 9.95. The smallest absolute Gasteiger partial charge is 0.338 e. The summed E-state index contributed by atoms with van der Waals surface area (Å²) in [5.74, 6) is 2.02. The van der Waals surface area contributed by atoms with E-state index >= 15 is 0 Å². The Hall–Kier alpha value is -2.48. The summed E-state index contributed by atoms with van der Waals surface area (Å²) in [5.41, 5.74) is 2.17. The normalized spacial score (nSPS) is 15.5. The van der Waals surface area contributed by atoms with Gasteiger partial charge >= 0.3 is 5.97 Å². The fourth-order valence-corrected chi connectivity index (χ4v) is 4.37. The number of hydrogen-bond acceptors (Lipinski definition) is 7. The van der Waals surface area contributed by atoms with Gasteiger partial charge in [-0.2, -0.15) is 4.98 Å². The highest BCUT2D eigenvalue weighted by atomic mass is 32.2. The minimum Gasteiger partial charge on any atom is -0.494 e.